The largest absolute Gasteiger partial charge is 0.497 e. The fourth-order valence-electron chi connectivity index (χ4n) is 11.3. The average molecular weight is 662 g/mol. The van der Waals surface area contributed by atoms with Crippen LogP contribution in [0.2, 0.25) is 0 Å². The molecule has 1 heterocycles. The molecule has 0 amide bonds. The summed E-state index contributed by atoms with van der Waals surface area (Å²) < 4.78 is 16.8. The molecule has 0 aliphatic heterocycles. The summed E-state index contributed by atoms with van der Waals surface area (Å²) in [6.45, 7) is 5.05. The number of aliphatic hydroxyl groups is 4. The quantitative estimate of drug-likeness (QED) is 0.196. The second kappa shape index (κ2) is 11.8. The van der Waals surface area contributed by atoms with Crippen LogP contribution in [-0.4, -0.2) is 82.8 Å². The lowest BCUT2D eigenvalue weighted by atomic mass is 9.32. The van der Waals surface area contributed by atoms with E-state index in [2.05, 4.69) is 32.1 Å². The molecule has 0 radical (unpaired) electrons. The van der Waals surface area contributed by atoms with E-state index < -0.39 is 34.1 Å². The first-order valence-corrected chi connectivity index (χ1v) is 17.5. The lowest BCUT2D eigenvalue weighted by Gasteiger charge is -2.71. The predicted octanol–water partition coefficient (Wildman–Crippen LogP) is 4.93. The number of furan rings is 1. The third-order valence-electron chi connectivity index (χ3n) is 13.8. The number of carbonyl (C=O) groups excluding carboxylic acids is 1. The molecule has 9 nitrogen and oxygen atoms in total. The number of carbonyl (C=O) groups is 1. The van der Waals surface area contributed by atoms with Crippen LogP contribution in [0, 0.1) is 33.5 Å². The van der Waals surface area contributed by atoms with Crippen molar-refractivity contribution in [1.29, 1.82) is 0 Å². The molecule has 1 unspecified atom stereocenters. The van der Waals surface area contributed by atoms with E-state index in [9.17, 15) is 25.2 Å². The van der Waals surface area contributed by atoms with Crippen LogP contribution in [0.3, 0.4) is 0 Å². The Morgan fingerprint density at radius 2 is 1.79 bits per heavy atom. The monoisotopic (exact) mass is 661 g/mol. The summed E-state index contributed by atoms with van der Waals surface area (Å²) in [5.74, 6) is 1.70. The fourth-order valence-corrected chi connectivity index (χ4v) is 11.3. The Kier molecular flexibility index (Phi) is 8.27. The maximum atomic E-state index is 14.5. The van der Waals surface area contributed by atoms with Gasteiger partial charge in [0.25, 0.3) is 0 Å². The molecule has 6 aliphatic rings. The van der Waals surface area contributed by atoms with Gasteiger partial charge in [0, 0.05) is 53.1 Å². The Morgan fingerprint density at radius 1 is 1.04 bits per heavy atom. The molecule has 6 aliphatic carbocycles. The first-order valence-electron chi connectivity index (χ1n) is 17.5. The van der Waals surface area contributed by atoms with E-state index in [-0.39, 0.29) is 42.7 Å². The van der Waals surface area contributed by atoms with Gasteiger partial charge in [-0.1, -0.05) is 38.1 Å². The van der Waals surface area contributed by atoms with Gasteiger partial charge in [0.05, 0.1) is 44.9 Å². The Labute approximate surface area is 283 Å². The van der Waals surface area contributed by atoms with Gasteiger partial charge in [-0.3, -0.25) is 9.69 Å². The second-order valence-electron chi connectivity index (χ2n) is 15.8. The number of methoxy groups -OCH3 is 2. The van der Waals surface area contributed by atoms with Crippen LogP contribution < -0.4 is 9.47 Å². The van der Waals surface area contributed by atoms with Crippen LogP contribution in [0.15, 0.2) is 64.8 Å². The van der Waals surface area contributed by atoms with Gasteiger partial charge in [0.1, 0.15) is 11.5 Å². The molecule has 2 aromatic rings. The highest BCUT2D eigenvalue weighted by Crippen LogP contribution is 2.78. The van der Waals surface area contributed by atoms with Gasteiger partial charge >= 0.3 is 0 Å². The third kappa shape index (κ3) is 4.72. The van der Waals surface area contributed by atoms with Crippen LogP contribution in [0.4, 0.5) is 0 Å². The highest BCUT2D eigenvalue weighted by molar-refractivity contribution is 6.08. The van der Waals surface area contributed by atoms with Crippen molar-refractivity contribution in [3.05, 3.63) is 71.7 Å². The van der Waals surface area contributed by atoms with Crippen molar-refractivity contribution in [2.24, 2.45) is 33.5 Å². The molecule has 0 saturated heterocycles. The smallest absolute Gasteiger partial charge is 0.224 e. The Bertz CT molecular complexity index is 1600. The van der Waals surface area contributed by atoms with Crippen molar-refractivity contribution in [3.8, 4) is 11.5 Å². The summed E-state index contributed by atoms with van der Waals surface area (Å²) in [6.07, 6.45) is 12.1. The Hall–Kier alpha value is -2.95. The number of allylic oxidation sites excluding steroid dienone is 4. The highest BCUT2D eigenvalue weighted by Gasteiger charge is 2.74. The number of rotatable bonds is 11. The number of fused-ring (bicyclic) bond motifs is 1. The molecule has 1 aromatic carbocycles. The number of Topliss-reactive ketones (excluding diaryl/α,β-unsaturated/α-hetero) is 1. The standard InChI is InChI=1S/C39H51NO8/c1-35-12-9-26(42)19-37(35)15-16-39(29(20-37)34(44)30-6-5-17-48-30)32(35)10-13-36(2)33(39)11-14-38(36,45)24-40(22-27(43)23-41)21-25-7-8-28(46-3)18-31(25)47-4/h5-8,15-18,20,26-27,32-33,41-43,45H,9-14,19,21-24H2,1-4H3/t26?,27-,32+,33+,35+,36-,37-,38+,39+/m0/s1. The van der Waals surface area contributed by atoms with Crippen LogP contribution in [0.5, 0.6) is 11.5 Å². The van der Waals surface area contributed by atoms with Crippen molar-refractivity contribution in [2.75, 3.05) is 33.9 Å². The van der Waals surface area contributed by atoms with Crippen LogP contribution in [-0.2, 0) is 6.54 Å². The van der Waals surface area contributed by atoms with Gasteiger partial charge in [-0.05, 0) is 80.4 Å². The zero-order valence-corrected chi connectivity index (χ0v) is 28.7. The van der Waals surface area contributed by atoms with Crippen LogP contribution in [0.1, 0.15) is 74.9 Å². The number of ether oxygens (including phenoxy) is 2. The summed E-state index contributed by atoms with van der Waals surface area (Å²) in [5.41, 5.74) is -1.17. The second-order valence-corrected chi connectivity index (χ2v) is 15.8. The lowest BCUT2D eigenvalue weighted by molar-refractivity contribution is -0.177. The molecule has 260 valence electrons. The van der Waals surface area contributed by atoms with Crippen LogP contribution >= 0.6 is 0 Å². The average Bonchev–Trinajstić information content (AvgIpc) is 3.71. The Balaban J connectivity index is 1.28. The molecule has 2 spiro atoms. The first kappa shape index (κ1) is 33.5. The molecule has 3 saturated carbocycles. The van der Waals surface area contributed by atoms with E-state index in [4.69, 9.17) is 13.9 Å². The molecule has 9 heteroatoms. The molecule has 48 heavy (non-hydrogen) atoms. The molecule has 3 fully saturated rings. The SMILES string of the molecule is COc1ccc(CN(C[C@H](O)CO)C[C@]2(O)CC[C@H]3[C@]45C=C[C@@]6(C=C4C(=O)c4ccco4)CC(O)CC[C@]6(C)[C@H]5CC[C@@]32C)c(OC)c1. The molecule has 2 bridgehead atoms. The summed E-state index contributed by atoms with van der Waals surface area (Å²) in [7, 11) is 3.21. The van der Waals surface area contributed by atoms with E-state index in [1.807, 2.05) is 23.1 Å². The molecule has 9 atom stereocenters. The van der Waals surface area contributed by atoms with Gasteiger partial charge < -0.3 is 34.3 Å². The molecule has 8 rings (SSSR count). The number of aliphatic hydroxyl groups excluding tert-OH is 3. The van der Waals surface area contributed by atoms with Crippen molar-refractivity contribution in [2.45, 2.75) is 83.1 Å². The molecule has 1 aromatic heterocycles. The number of hydrogen-bond acceptors (Lipinski definition) is 9. The van der Waals surface area contributed by atoms with Crippen molar-refractivity contribution in [3.63, 3.8) is 0 Å². The highest BCUT2D eigenvalue weighted by atomic mass is 16.5. The maximum absolute atomic E-state index is 14.5. The van der Waals surface area contributed by atoms with E-state index in [1.54, 1.807) is 32.6 Å². The summed E-state index contributed by atoms with van der Waals surface area (Å²) in [5, 5.41) is 44.3. The Morgan fingerprint density at radius 3 is 2.50 bits per heavy atom. The lowest BCUT2D eigenvalue weighted by Crippen LogP contribution is -2.67. The predicted molar refractivity (Wildman–Crippen MR) is 180 cm³/mol. The maximum Gasteiger partial charge on any atom is 0.224 e. The number of benzene rings is 1. The minimum Gasteiger partial charge on any atom is -0.497 e. The summed E-state index contributed by atoms with van der Waals surface area (Å²) >= 11 is 0. The van der Waals surface area contributed by atoms with Gasteiger partial charge in [0.15, 0.2) is 5.76 Å². The number of ketones is 1. The van der Waals surface area contributed by atoms with Crippen molar-refractivity contribution < 1.29 is 39.1 Å². The third-order valence-corrected chi connectivity index (χ3v) is 13.8. The fraction of sp³-hybridized carbons (Fsp3) is 0.615. The summed E-state index contributed by atoms with van der Waals surface area (Å²) in [4.78, 5) is 16.5. The van der Waals surface area contributed by atoms with E-state index in [1.165, 1.54) is 0 Å². The zero-order valence-electron chi connectivity index (χ0n) is 28.7. The van der Waals surface area contributed by atoms with Crippen LogP contribution in [0.25, 0.3) is 0 Å². The molecule has 4 N–H and O–H groups in total. The summed E-state index contributed by atoms with van der Waals surface area (Å²) in [6, 6.07) is 9.11. The number of hydrogen-bond donors (Lipinski definition) is 4. The van der Waals surface area contributed by atoms with E-state index >= 15 is 0 Å². The van der Waals surface area contributed by atoms with Gasteiger partial charge in [0.2, 0.25) is 5.78 Å². The zero-order chi connectivity index (χ0) is 34.1. The topological polar surface area (TPSA) is 133 Å². The minimum atomic E-state index is -1.13. The van der Waals surface area contributed by atoms with Gasteiger partial charge in [-0.15, -0.1) is 0 Å². The van der Waals surface area contributed by atoms with Gasteiger partial charge in [-0.2, -0.15) is 0 Å². The minimum absolute atomic E-state index is 0.0164. The van der Waals surface area contributed by atoms with Crippen molar-refractivity contribution in [1.82, 2.24) is 4.90 Å². The van der Waals surface area contributed by atoms with E-state index in [0.717, 1.165) is 43.2 Å². The first-order chi connectivity index (χ1) is 22.9. The number of nitrogens with zero attached hydrogens (tertiary/aromatic N) is 1. The van der Waals surface area contributed by atoms with E-state index in [0.29, 0.717) is 36.6 Å². The molecular weight excluding hydrogens is 610 g/mol. The van der Waals surface area contributed by atoms with Gasteiger partial charge in [-0.25, -0.2) is 0 Å². The molecular formula is C39H51NO8. The van der Waals surface area contributed by atoms with Crippen molar-refractivity contribution >= 4 is 5.78 Å². The normalized spacial score (nSPS) is 38.6.